The third-order valence-corrected chi connectivity index (χ3v) is 6.03. The number of rotatable bonds is 4. The van der Waals surface area contributed by atoms with Crippen LogP contribution in [0.15, 0.2) is 36.4 Å². The van der Waals surface area contributed by atoms with Gasteiger partial charge in [-0.05, 0) is 37.6 Å². The van der Waals surface area contributed by atoms with Gasteiger partial charge in [0.05, 0.1) is 22.5 Å². The number of aryl methyl sites for hydroxylation is 2. The lowest BCUT2D eigenvalue weighted by Gasteiger charge is -2.26. The van der Waals surface area contributed by atoms with E-state index in [0.717, 1.165) is 48.1 Å². The molecule has 4 rings (SSSR count). The quantitative estimate of drug-likeness (QED) is 0.699. The van der Waals surface area contributed by atoms with E-state index in [1.807, 2.05) is 43.8 Å². The standard InChI is InChI=1S/C22H23FN4OS/c1-14-15(2)25-21-19(11-17(23)12-20(21)24-14)22(28)26-18-5-3-4-16(10-18)13-27-6-8-29-9-7-27/h3-5,10-12H,6-9,13H2,1-2H3,(H,26,28). The van der Waals surface area contributed by atoms with Crippen LogP contribution in [0.25, 0.3) is 11.0 Å². The number of halogens is 1. The van der Waals surface area contributed by atoms with Crippen molar-refractivity contribution in [1.82, 2.24) is 14.9 Å². The zero-order valence-electron chi connectivity index (χ0n) is 16.5. The highest BCUT2D eigenvalue weighted by atomic mass is 32.2. The molecule has 1 amide bonds. The van der Waals surface area contributed by atoms with E-state index < -0.39 is 11.7 Å². The van der Waals surface area contributed by atoms with Crippen LogP contribution < -0.4 is 5.32 Å². The molecular formula is C22H23FN4OS. The first-order chi connectivity index (χ1) is 14.0. The monoisotopic (exact) mass is 410 g/mol. The number of carbonyl (C=O) groups is 1. The van der Waals surface area contributed by atoms with Gasteiger partial charge in [-0.1, -0.05) is 12.1 Å². The summed E-state index contributed by atoms with van der Waals surface area (Å²) in [5, 5.41) is 2.89. The molecule has 1 aromatic heterocycles. The number of nitrogens with zero attached hydrogens (tertiary/aromatic N) is 3. The Labute approximate surface area is 173 Å². The SMILES string of the molecule is Cc1nc2cc(F)cc(C(=O)Nc3cccc(CN4CCSCC4)c3)c2nc1C. The minimum atomic E-state index is -0.503. The van der Waals surface area contributed by atoms with Crippen LogP contribution >= 0.6 is 11.8 Å². The van der Waals surface area contributed by atoms with Crippen LogP contribution in [0.4, 0.5) is 10.1 Å². The Kier molecular flexibility index (Phi) is 5.78. The van der Waals surface area contributed by atoms with Gasteiger partial charge in [-0.3, -0.25) is 9.69 Å². The maximum Gasteiger partial charge on any atom is 0.258 e. The molecule has 2 aromatic carbocycles. The summed E-state index contributed by atoms with van der Waals surface area (Å²) in [4.78, 5) is 24.2. The van der Waals surface area contributed by atoms with E-state index in [9.17, 15) is 9.18 Å². The normalized spacial score (nSPS) is 14.9. The topological polar surface area (TPSA) is 58.1 Å². The number of carbonyl (C=O) groups excluding carboxylic acids is 1. The van der Waals surface area contributed by atoms with E-state index in [4.69, 9.17) is 0 Å². The third-order valence-electron chi connectivity index (χ3n) is 5.09. The maximum atomic E-state index is 14.1. The molecule has 29 heavy (non-hydrogen) atoms. The van der Waals surface area contributed by atoms with Crippen molar-refractivity contribution in [3.8, 4) is 0 Å². The molecule has 0 aliphatic carbocycles. The van der Waals surface area contributed by atoms with Gasteiger partial charge in [0, 0.05) is 42.9 Å². The molecule has 1 N–H and O–H groups in total. The molecule has 1 aliphatic heterocycles. The molecule has 1 aliphatic rings. The van der Waals surface area contributed by atoms with Gasteiger partial charge in [0.15, 0.2) is 0 Å². The van der Waals surface area contributed by atoms with Gasteiger partial charge >= 0.3 is 0 Å². The third kappa shape index (κ3) is 4.57. The zero-order chi connectivity index (χ0) is 20.4. The van der Waals surface area contributed by atoms with Gasteiger partial charge in [-0.15, -0.1) is 0 Å². The van der Waals surface area contributed by atoms with Crippen molar-refractivity contribution in [3.63, 3.8) is 0 Å². The summed E-state index contributed by atoms with van der Waals surface area (Å²) in [6.07, 6.45) is 0. The fourth-order valence-corrected chi connectivity index (χ4v) is 4.41. The predicted octanol–water partition coefficient (Wildman–Crippen LogP) is 4.19. The predicted molar refractivity (Wildman–Crippen MR) is 116 cm³/mol. The lowest BCUT2D eigenvalue weighted by Crippen LogP contribution is -2.31. The Hall–Kier alpha value is -2.51. The van der Waals surface area contributed by atoms with Gasteiger partial charge in [-0.25, -0.2) is 14.4 Å². The first-order valence-corrected chi connectivity index (χ1v) is 10.8. The molecule has 0 radical (unpaired) electrons. The fourth-order valence-electron chi connectivity index (χ4n) is 3.43. The van der Waals surface area contributed by atoms with Crippen LogP contribution in [0.2, 0.25) is 0 Å². The van der Waals surface area contributed by atoms with Crippen molar-refractivity contribution in [2.24, 2.45) is 0 Å². The minimum absolute atomic E-state index is 0.189. The van der Waals surface area contributed by atoms with Crippen LogP contribution in [0.3, 0.4) is 0 Å². The molecule has 7 heteroatoms. The molecule has 2 heterocycles. The number of hydrogen-bond donors (Lipinski definition) is 1. The number of benzene rings is 2. The number of anilines is 1. The average Bonchev–Trinajstić information content (AvgIpc) is 2.70. The highest BCUT2D eigenvalue weighted by Crippen LogP contribution is 2.21. The summed E-state index contributed by atoms with van der Waals surface area (Å²) in [6, 6.07) is 10.3. The Morgan fingerprint density at radius 3 is 2.69 bits per heavy atom. The molecule has 0 unspecified atom stereocenters. The van der Waals surface area contributed by atoms with E-state index in [-0.39, 0.29) is 5.56 Å². The highest BCUT2D eigenvalue weighted by Gasteiger charge is 2.16. The molecule has 0 bridgehead atoms. The molecule has 0 atom stereocenters. The van der Waals surface area contributed by atoms with Crippen molar-refractivity contribution >= 4 is 34.4 Å². The highest BCUT2D eigenvalue weighted by molar-refractivity contribution is 7.99. The van der Waals surface area contributed by atoms with Crippen LogP contribution in [0.1, 0.15) is 27.3 Å². The van der Waals surface area contributed by atoms with Crippen LogP contribution in [-0.2, 0) is 6.54 Å². The molecule has 0 spiro atoms. The summed E-state index contributed by atoms with van der Waals surface area (Å²) in [5.41, 5.74) is 4.26. The minimum Gasteiger partial charge on any atom is -0.322 e. The first-order valence-electron chi connectivity index (χ1n) is 9.64. The Balaban J connectivity index is 1.58. The van der Waals surface area contributed by atoms with Crippen molar-refractivity contribution in [2.45, 2.75) is 20.4 Å². The lowest BCUT2D eigenvalue weighted by molar-refractivity contribution is 0.102. The largest absolute Gasteiger partial charge is 0.322 e. The van der Waals surface area contributed by atoms with Crippen molar-refractivity contribution in [1.29, 1.82) is 0 Å². The van der Waals surface area contributed by atoms with Crippen molar-refractivity contribution in [2.75, 3.05) is 29.9 Å². The molecule has 150 valence electrons. The van der Waals surface area contributed by atoms with Gasteiger partial charge in [0.25, 0.3) is 5.91 Å². The van der Waals surface area contributed by atoms with E-state index >= 15 is 0 Å². The Morgan fingerprint density at radius 2 is 1.90 bits per heavy atom. The van der Waals surface area contributed by atoms with Gasteiger partial charge in [-0.2, -0.15) is 11.8 Å². The fraction of sp³-hybridized carbons (Fsp3) is 0.318. The molecule has 1 fully saturated rings. The number of thioether (sulfide) groups is 1. The average molecular weight is 411 g/mol. The maximum absolute atomic E-state index is 14.1. The second kappa shape index (κ2) is 8.47. The Morgan fingerprint density at radius 1 is 1.14 bits per heavy atom. The number of hydrogen-bond acceptors (Lipinski definition) is 5. The Bertz CT molecular complexity index is 1070. The van der Waals surface area contributed by atoms with E-state index in [0.29, 0.717) is 16.7 Å². The zero-order valence-corrected chi connectivity index (χ0v) is 17.4. The first kappa shape index (κ1) is 19.8. The summed E-state index contributed by atoms with van der Waals surface area (Å²) >= 11 is 1.98. The van der Waals surface area contributed by atoms with Crippen molar-refractivity contribution < 1.29 is 9.18 Å². The van der Waals surface area contributed by atoms with Crippen molar-refractivity contribution in [3.05, 3.63) is 64.7 Å². The van der Waals surface area contributed by atoms with Gasteiger partial charge in [0.2, 0.25) is 0 Å². The molecule has 1 saturated heterocycles. The lowest BCUT2D eigenvalue weighted by atomic mass is 10.1. The van der Waals surface area contributed by atoms with Crippen LogP contribution in [0, 0.1) is 19.7 Å². The number of aromatic nitrogens is 2. The van der Waals surface area contributed by atoms with Crippen LogP contribution in [0.5, 0.6) is 0 Å². The second-order valence-corrected chi connectivity index (χ2v) is 8.48. The van der Waals surface area contributed by atoms with Gasteiger partial charge in [0.1, 0.15) is 11.3 Å². The van der Waals surface area contributed by atoms with Crippen LogP contribution in [-0.4, -0.2) is 45.4 Å². The van der Waals surface area contributed by atoms with Gasteiger partial charge < -0.3 is 5.32 Å². The van der Waals surface area contributed by atoms with E-state index in [1.165, 1.54) is 12.1 Å². The van der Waals surface area contributed by atoms with E-state index in [2.05, 4.69) is 26.3 Å². The summed E-state index contributed by atoms with van der Waals surface area (Å²) in [6.45, 7) is 6.66. The summed E-state index contributed by atoms with van der Waals surface area (Å²) in [7, 11) is 0. The molecule has 0 saturated carbocycles. The van der Waals surface area contributed by atoms with E-state index in [1.54, 1.807) is 0 Å². The summed E-state index contributed by atoms with van der Waals surface area (Å²) < 4.78 is 14.1. The smallest absolute Gasteiger partial charge is 0.258 e. The second-order valence-electron chi connectivity index (χ2n) is 7.26. The molecule has 3 aromatic rings. The number of fused-ring (bicyclic) bond motifs is 1. The number of nitrogens with one attached hydrogen (secondary N) is 1. The molecule has 5 nitrogen and oxygen atoms in total. The molecular weight excluding hydrogens is 387 g/mol. The number of amides is 1. The summed E-state index contributed by atoms with van der Waals surface area (Å²) in [5.74, 6) is 1.42.